The molecule has 2 aromatic carbocycles. The van der Waals surface area contributed by atoms with Crippen LogP contribution in [0.25, 0.3) is 0 Å². The maximum atomic E-state index is 5.57. The van der Waals surface area contributed by atoms with Crippen molar-refractivity contribution in [1.82, 2.24) is 10.1 Å². The molecule has 0 radical (unpaired) electrons. The van der Waals surface area contributed by atoms with Crippen LogP contribution in [-0.2, 0) is 13.0 Å². The van der Waals surface area contributed by atoms with Crippen LogP contribution in [0.1, 0.15) is 34.2 Å². The first-order valence-corrected chi connectivity index (χ1v) is 9.15. The van der Waals surface area contributed by atoms with E-state index in [1.165, 1.54) is 16.7 Å². The molecule has 1 aliphatic rings. The number of fused-ring (bicyclic) bond motifs is 1. The fraction of sp³-hybridized carbons (Fsp3) is 0.318. The number of ether oxygens (including phenoxy) is 2. The SMILES string of the molecule is COc1cc2c(cc1OC)[C@H](c1ccccc1)N(Cc1cc(C)no1)CC2. The molecule has 140 valence electrons. The van der Waals surface area contributed by atoms with Gasteiger partial charge in [0.05, 0.1) is 32.5 Å². The molecule has 0 N–H and O–H groups in total. The summed E-state index contributed by atoms with van der Waals surface area (Å²) in [5, 5.41) is 4.04. The molecule has 0 saturated heterocycles. The van der Waals surface area contributed by atoms with E-state index in [4.69, 9.17) is 14.0 Å². The standard InChI is InChI=1S/C22H24N2O3/c1-15-11-18(27-23-15)14-24-10-9-17-12-20(25-2)21(26-3)13-19(17)22(24)16-7-5-4-6-8-16/h4-8,11-13,22H,9-10,14H2,1-3H3/t22-/m0/s1. The van der Waals surface area contributed by atoms with E-state index in [9.17, 15) is 0 Å². The summed E-state index contributed by atoms with van der Waals surface area (Å²) in [5.41, 5.74) is 4.71. The van der Waals surface area contributed by atoms with Crippen LogP contribution in [0, 0.1) is 6.92 Å². The Balaban J connectivity index is 1.78. The fourth-order valence-electron chi connectivity index (χ4n) is 3.88. The van der Waals surface area contributed by atoms with Gasteiger partial charge in [0.25, 0.3) is 0 Å². The molecule has 1 aliphatic heterocycles. The minimum absolute atomic E-state index is 0.125. The van der Waals surface area contributed by atoms with Crippen molar-refractivity contribution in [1.29, 1.82) is 0 Å². The zero-order valence-corrected chi connectivity index (χ0v) is 15.9. The molecular formula is C22H24N2O3. The third-order valence-corrected chi connectivity index (χ3v) is 5.12. The van der Waals surface area contributed by atoms with Gasteiger partial charge in [-0.3, -0.25) is 4.90 Å². The highest BCUT2D eigenvalue weighted by atomic mass is 16.5. The topological polar surface area (TPSA) is 47.7 Å². The molecule has 0 saturated carbocycles. The second-order valence-corrected chi connectivity index (χ2v) is 6.87. The maximum absolute atomic E-state index is 5.57. The second-order valence-electron chi connectivity index (χ2n) is 6.87. The molecule has 27 heavy (non-hydrogen) atoms. The minimum atomic E-state index is 0.125. The summed E-state index contributed by atoms with van der Waals surface area (Å²) < 4.78 is 16.6. The van der Waals surface area contributed by atoms with Gasteiger partial charge < -0.3 is 14.0 Å². The molecule has 0 bridgehead atoms. The lowest BCUT2D eigenvalue weighted by molar-refractivity contribution is 0.180. The Kier molecular flexibility index (Phi) is 4.86. The Labute approximate surface area is 159 Å². The van der Waals surface area contributed by atoms with Gasteiger partial charge >= 0.3 is 0 Å². The van der Waals surface area contributed by atoms with Crippen molar-refractivity contribution < 1.29 is 14.0 Å². The van der Waals surface area contributed by atoms with Gasteiger partial charge in [0, 0.05) is 12.6 Å². The highest BCUT2D eigenvalue weighted by Gasteiger charge is 2.31. The Morgan fingerprint density at radius 2 is 1.81 bits per heavy atom. The van der Waals surface area contributed by atoms with Crippen molar-refractivity contribution in [3.05, 3.63) is 76.7 Å². The summed E-state index contributed by atoms with van der Waals surface area (Å²) in [7, 11) is 3.36. The highest BCUT2D eigenvalue weighted by molar-refractivity contribution is 5.51. The van der Waals surface area contributed by atoms with Crippen molar-refractivity contribution in [3.63, 3.8) is 0 Å². The average Bonchev–Trinajstić information content (AvgIpc) is 3.12. The largest absolute Gasteiger partial charge is 0.493 e. The smallest absolute Gasteiger partial charge is 0.161 e. The van der Waals surface area contributed by atoms with Gasteiger partial charge in [0.1, 0.15) is 0 Å². The number of nitrogens with zero attached hydrogens (tertiary/aromatic N) is 2. The molecule has 0 unspecified atom stereocenters. The molecule has 5 heteroatoms. The van der Waals surface area contributed by atoms with E-state index in [1.807, 2.05) is 19.1 Å². The number of benzene rings is 2. The summed E-state index contributed by atoms with van der Waals surface area (Å²) in [6.07, 6.45) is 0.951. The third-order valence-electron chi connectivity index (χ3n) is 5.12. The van der Waals surface area contributed by atoms with E-state index >= 15 is 0 Å². The van der Waals surface area contributed by atoms with Gasteiger partial charge in [0.15, 0.2) is 17.3 Å². The number of hydrogen-bond donors (Lipinski definition) is 0. The zero-order chi connectivity index (χ0) is 18.8. The van der Waals surface area contributed by atoms with Crippen LogP contribution in [0.5, 0.6) is 11.5 Å². The lowest BCUT2D eigenvalue weighted by Gasteiger charge is -2.37. The van der Waals surface area contributed by atoms with Crippen molar-refractivity contribution in [2.75, 3.05) is 20.8 Å². The molecule has 0 aliphatic carbocycles. The molecule has 0 fully saturated rings. The Bertz CT molecular complexity index is 921. The van der Waals surface area contributed by atoms with Crippen LogP contribution >= 0.6 is 0 Å². The van der Waals surface area contributed by atoms with Crippen molar-refractivity contribution in [2.24, 2.45) is 0 Å². The first-order chi connectivity index (χ1) is 13.2. The van der Waals surface area contributed by atoms with E-state index in [0.717, 1.165) is 35.9 Å². The summed E-state index contributed by atoms with van der Waals surface area (Å²) in [5.74, 6) is 2.43. The summed E-state index contributed by atoms with van der Waals surface area (Å²) >= 11 is 0. The van der Waals surface area contributed by atoms with Crippen LogP contribution in [0.15, 0.2) is 53.1 Å². The highest BCUT2D eigenvalue weighted by Crippen LogP contribution is 2.41. The van der Waals surface area contributed by atoms with Crippen molar-refractivity contribution in [3.8, 4) is 11.5 Å². The van der Waals surface area contributed by atoms with Crippen LogP contribution in [0.4, 0.5) is 0 Å². The molecule has 3 aromatic rings. The Morgan fingerprint density at radius 3 is 2.48 bits per heavy atom. The number of rotatable bonds is 5. The molecule has 2 heterocycles. The van der Waals surface area contributed by atoms with Crippen molar-refractivity contribution in [2.45, 2.75) is 25.9 Å². The van der Waals surface area contributed by atoms with Crippen LogP contribution in [-0.4, -0.2) is 30.8 Å². The van der Waals surface area contributed by atoms with E-state index in [0.29, 0.717) is 6.54 Å². The van der Waals surface area contributed by atoms with Crippen molar-refractivity contribution >= 4 is 0 Å². The first-order valence-electron chi connectivity index (χ1n) is 9.15. The normalized spacial score (nSPS) is 16.8. The number of hydrogen-bond acceptors (Lipinski definition) is 5. The molecule has 5 nitrogen and oxygen atoms in total. The lowest BCUT2D eigenvalue weighted by Crippen LogP contribution is -2.35. The third kappa shape index (κ3) is 3.43. The van der Waals surface area contributed by atoms with Gasteiger partial charge in [-0.1, -0.05) is 35.5 Å². The van der Waals surface area contributed by atoms with E-state index in [2.05, 4.69) is 46.5 Å². The van der Waals surface area contributed by atoms with Crippen LogP contribution in [0.3, 0.4) is 0 Å². The summed E-state index contributed by atoms with van der Waals surface area (Å²) in [6, 6.07) is 16.9. The molecular weight excluding hydrogens is 340 g/mol. The number of methoxy groups -OCH3 is 2. The molecule has 0 spiro atoms. The van der Waals surface area contributed by atoms with Gasteiger partial charge in [-0.15, -0.1) is 0 Å². The van der Waals surface area contributed by atoms with Gasteiger partial charge in [-0.25, -0.2) is 0 Å². The molecule has 4 rings (SSSR count). The maximum Gasteiger partial charge on any atom is 0.161 e. The van der Waals surface area contributed by atoms with Gasteiger partial charge in [-0.05, 0) is 42.2 Å². The Hall–Kier alpha value is -2.79. The summed E-state index contributed by atoms with van der Waals surface area (Å²) in [6.45, 7) is 3.60. The van der Waals surface area contributed by atoms with E-state index in [1.54, 1.807) is 14.2 Å². The predicted molar refractivity (Wildman–Crippen MR) is 103 cm³/mol. The Morgan fingerprint density at radius 1 is 1.07 bits per heavy atom. The first kappa shape index (κ1) is 17.6. The van der Waals surface area contributed by atoms with Crippen LogP contribution in [0.2, 0.25) is 0 Å². The second kappa shape index (κ2) is 7.45. The van der Waals surface area contributed by atoms with Gasteiger partial charge in [-0.2, -0.15) is 0 Å². The molecule has 0 amide bonds. The van der Waals surface area contributed by atoms with Gasteiger partial charge in [0.2, 0.25) is 0 Å². The zero-order valence-electron chi connectivity index (χ0n) is 15.9. The lowest BCUT2D eigenvalue weighted by atomic mass is 9.87. The average molecular weight is 364 g/mol. The van der Waals surface area contributed by atoms with E-state index < -0.39 is 0 Å². The molecule has 1 aromatic heterocycles. The van der Waals surface area contributed by atoms with E-state index in [-0.39, 0.29) is 6.04 Å². The number of aryl methyl sites for hydroxylation is 1. The monoisotopic (exact) mass is 364 g/mol. The quantitative estimate of drug-likeness (QED) is 0.681. The predicted octanol–water partition coefficient (Wildman–Crippen LogP) is 4.15. The molecule has 1 atom stereocenters. The van der Waals surface area contributed by atoms with Crippen LogP contribution < -0.4 is 9.47 Å². The minimum Gasteiger partial charge on any atom is -0.493 e. The number of aromatic nitrogens is 1. The summed E-state index contributed by atoms with van der Waals surface area (Å²) in [4.78, 5) is 2.43. The fourth-order valence-corrected chi connectivity index (χ4v) is 3.88.